The summed E-state index contributed by atoms with van der Waals surface area (Å²) in [6, 6.07) is 29.1. The summed E-state index contributed by atoms with van der Waals surface area (Å²) in [6.45, 7) is 0. The van der Waals surface area contributed by atoms with Crippen LogP contribution in [0.15, 0.2) is 128 Å². The predicted octanol–water partition coefficient (Wildman–Crippen LogP) is 7.29. The zero-order valence-corrected chi connectivity index (χ0v) is 26.9. The maximum absolute atomic E-state index is 16.4. The van der Waals surface area contributed by atoms with Crippen LogP contribution in [0.2, 0.25) is 0 Å². The Bertz CT molecular complexity index is 2610. The molecule has 5 aromatic carbocycles. The first kappa shape index (κ1) is 31.9. The van der Waals surface area contributed by atoms with Crippen molar-refractivity contribution in [2.45, 2.75) is 19.6 Å². The normalized spacial score (nSPS) is 12.4. The molecule has 0 spiro atoms. The molecule has 0 heterocycles. The molecule has 0 fully saturated rings. The lowest BCUT2D eigenvalue weighted by Gasteiger charge is -2.14. The van der Waals surface area contributed by atoms with Crippen molar-refractivity contribution in [3.8, 4) is 46.5 Å². The highest BCUT2D eigenvalue weighted by Gasteiger charge is 2.42. The smallest absolute Gasteiger partial charge is 0.206 e. The number of rotatable bonds is 4. The van der Waals surface area contributed by atoms with Crippen LogP contribution >= 0.6 is 0 Å². The third-order valence-corrected chi connectivity index (χ3v) is 12.2. The Balaban J connectivity index is 1.58. The van der Waals surface area contributed by atoms with Crippen LogP contribution in [-0.2, 0) is 19.7 Å². The van der Waals surface area contributed by atoms with E-state index >= 15 is 8.78 Å². The molecule has 0 atom stereocenters. The standard InChI is InChI=1S/C38H16F2N4O4S2/c39-37-33-27-13-11-25(49(45,46)23-7-3-1-4-8-23)15-29(27)31(21(17-41)18-42)35(33)36-32(22(19-43)20-44)30-16-26(12-14-28(30)34(36)38(37)40)50(47,48)24-9-5-2-6-10-24/h1-16H. The summed E-state index contributed by atoms with van der Waals surface area (Å²) in [5.74, 6) is -2.79. The SMILES string of the molecule is N#CC(C#N)=C1c2cc(S(=O)(=O)c3ccccc3)ccc2-c2c(F)c(F)c3c(c21)C(=C(C#N)C#N)c1cc(S(=O)(=O)c2ccccc2)ccc1-3. The second-order valence-corrected chi connectivity index (χ2v) is 15.0. The van der Waals surface area contributed by atoms with Gasteiger partial charge in [-0.05, 0) is 70.8 Å². The first-order valence-corrected chi connectivity index (χ1v) is 17.5. The fourth-order valence-corrected chi connectivity index (χ4v) is 9.07. The number of sulfone groups is 2. The highest BCUT2D eigenvalue weighted by Crippen LogP contribution is 2.58. The van der Waals surface area contributed by atoms with E-state index in [-0.39, 0.29) is 64.1 Å². The van der Waals surface area contributed by atoms with Crippen LogP contribution in [0, 0.1) is 57.0 Å². The van der Waals surface area contributed by atoms with Crippen molar-refractivity contribution in [3.05, 3.63) is 142 Å². The van der Waals surface area contributed by atoms with Crippen molar-refractivity contribution in [2.24, 2.45) is 0 Å². The molecule has 0 N–H and O–H groups in total. The summed E-state index contributed by atoms with van der Waals surface area (Å²) >= 11 is 0. The molecule has 238 valence electrons. The van der Waals surface area contributed by atoms with Gasteiger partial charge in [0.05, 0.1) is 19.6 Å². The highest BCUT2D eigenvalue weighted by atomic mass is 32.2. The van der Waals surface area contributed by atoms with E-state index in [1.165, 1.54) is 72.8 Å². The summed E-state index contributed by atoms with van der Waals surface area (Å²) in [6.07, 6.45) is 0. The van der Waals surface area contributed by atoms with Crippen LogP contribution < -0.4 is 0 Å². The average Bonchev–Trinajstić information content (AvgIpc) is 3.65. The Morgan fingerprint density at radius 1 is 0.440 bits per heavy atom. The lowest BCUT2D eigenvalue weighted by atomic mass is 9.88. The number of benzene rings is 5. The quantitative estimate of drug-likeness (QED) is 0.173. The zero-order valence-electron chi connectivity index (χ0n) is 25.2. The molecule has 0 amide bonds. The molecule has 7 rings (SSSR count). The van der Waals surface area contributed by atoms with E-state index in [0.717, 1.165) is 12.1 Å². The number of hydrogen-bond acceptors (Lipinski definition) is 8. The number of hydrogen-bond donors (Lipinski definition) is 0. The van der Waals surface area contributed by atoms with Gasteiger partial charge in [-0.3, -0.25) is 0 Å². The van der Waals surface area contributed by atoms with E-state index in [4.69, 9.17) is 0 Å². The predicted molar refractivity (Wildman–Crippen MR) is 176 cm³/mol. The molecule has 8 nitrogen and oxygen atoms in total. The van der Waals surface area contributed by atoms with Crippen molar-refractivity contribution in [1.82, 2.24) is 0 Å². The van der Waals surface area contributed by atoms with Gasteiger partial charge in [0, 0.05) is 33.4 Å². The van der Waals surface area contributed by atoms with Gasteiger partial charge in [-0.2, -0.15) is 21.0 Å². The van der Waals surface area contributed by atoms with Crippen LogP contribution in [0.25, 0.3) is 33.4 Å². The average molecular weight is 695 g/mol. The minimum Gasteiger partial charge on any atom is -0.219 e. The van der Waals surface area contributed by atoms with E-state index in [1.54, 1.807) is 36.4 Å². The van der Waals surface area contributed by atoms with Crippen molar-refractivity contribution < 1.29 is 25.6 Å². The topological polar surface area (TPSA) is 163 Å². The minimum atomic E-state index is -4.17. The van der Waals surface area contributed by atoms with Crippen LogP contribution in [-0.4, -0.2) is 16.8 Å². The third-order valence-electron chi connectivity index (χ3n) is 8.62. The summed E-state index contributed by atoms with van der Waals surface area (Å²) in [5, 5.41) is 40.4. The first-order valence-electron chi connectivity index (χ1n) is 14.6. The Morgan fingerprint density at radius 2 is 0.780 bits per heavy atom. The molecule has 2 aliphatic carbocycles. The minimum absolute atomic E-state index is 0.0395. The van der Waals surface area contributed by atoms with Crippen molar-refractivity contribution >= 4 is 30.8 Å². The van der Waals surface area contributed by atoms with Crippen molar-refractivity contribution in [2.75, 3.05) is 0 Å². The number of halogens is 2. The van der Waals surface area contributed by atoms with Gasteiger partial charge >= 0.3 is 0 Å². The third kappa shape index (κ3) is 4.41. The number of fused-ring (bicyclic) bond motifs is 7. The van der Waals surface area contributed by atoms with Gasteiger partial charge in [-0.15, -0.1) is 0 Å². The van der Waals surface area contributed by atoms with E-state index in [0.29, 0.717) is 0 Å². The van der Waals surface area contributed by atoms with Crippen LogP contribution in [0.1, 0.15) is 22.3 Å². The van der Waals surface area contributed by atoms with E-state index in [1.807, 2.05) is 0 Å². The first-order chi connectivity index (χ1) is 24.0. The monoisotopic (exact) mass is 694 g/mol. The molecule has 0 bridgehead atoms. The van der Waals surface area contributed by atoms with Gasteiger partial charge in [-0.25, -0.2) is 25.6 Å². The van der Waals surface area contributed by atoms with Gasteiger partial charge in [0.15, 0.2) is 11.6 Å². The molecule has 5 aromatic rings. The van der Waals surface area contributed by atoms with Gasteiger partial charge in [0.25, 0.3) is 0 Å². The van der Waals surface area contributed by atoms with Gasteiger partial charge < -0.3 is 0 Å². The Hall–Kier alpha value is -6.70. The fraction of sp³-hybridized carbons (Fsp3) is 0. The second-order valence-electron chi connectivity index (χ2n) is 11.1. The second kappa shape index (κ2) is 11.5. The molecule has 0 radical (unpaired) electrons. The van der Waals surface area contributed by atoms with Crippen molar-refractivity contribution in [3.63, 3.8) is 0 Å². The molecule has 0 saturated heterocycles. The number of nitrogens with zero attached hydrogens (tertiary/aromatic N) is 4. The van der Waals surface area contributed by atoms with Crippen LogP contribution in [0.3, 0.4) is 0 Å². The summed E-state index contributed by atoms with van der Waals surface area (Å²) in [5.41, 5.74) is -3.13. The molecular weight excluding hydrogens is 679 g/mol. The number of allylic oxidation sites excluding steroid dienone is 2. The molecular formula is C38H16F2N4O4S2. The molecule has 0 unspecified atom stereocenters. The van der Waals surface area contributed by atoms with E-state index in [9.17, 15) is 37.9 Å². The molecule has 50 heavy (non-hydrogen) atoms. The van der Waals surface area contributed by atoms with E-state index < -0.39 is 53.6 Å². The van der Waals surface area contributed by atoms with Gasteiger partial charge in [-0.1, -0.05) is 48.5 Å². The lowest BCUT2D eigenvalue weighted by molar-refractivity contribution is 0.514. The van der Waals surface area contributed by atoms with Crippen LogP contribution in [0.4, 0.5) is 8.78 Å². The maximum Gasteiger partial charge on any atom is 0.206 e. The molecule has 0 aliphatic heterocycles. The Labute approximate surface area is 284 Å². The maximum atomic E-state index is 16.4. The lowest BCUT2D eigenvalue weighted by Crippen LogP contribution is -2.03. The fourth-order valence-electron chi connectivity index (χ4n) is 6.46. The zero-order chi connectivity index (χ0) is 35.5. The van der Waals surface area contributed by atoms with Gasteiger partial charge in [0.2, 0.25) is 19.7 Å². The summed E-state index contributed by atoms with van der Waals surface area (Å²) in [4.78, 5) is -0.640. The Morgan fingerprint density at radius 3 is 1.10 bits per heavy atom. The Kier molecular flexibility index (Phi) is 7.31. The van der Waals surface area contributed by atoms with Gasteiger partial charge in [0.1, 0.15) is 35.4 Å². The molecule has 0 aromatic heterocycles. The molecule has 2 aliphatic rings. The number of nitriles is 4. The summed E-state index contributed by atoms with van der Waals surface area (Å²) in [7, 11) is -8.33. The summed E-state index contributed by atoms with van der Waals surface area (Å²) < 4.78 is 87.3. The molecule has 0 saturated carbocycles. The highest BCUT2D eigenvalue weighted by molar-refractivity contribution is 7.91. The molecule has 12 heteroatoms. The van der Waals surface area contributed by atoms with Crippen molar-refractivity contribution in [1.29, 1.82) is 21.0 Å². The largest absolute Gasteiger partial charge is 0.219 e. The van der Waals surface area contributed by atoms with E-state index in [2.05, 4.69) is 0 Å². The van der Waals surface area contributed by atoms with Crippen LogP contribution in [0.5, 0.6) is 0 Å².